The molecule has 3 atom stereocenters. The van der Waals surface area contributed by atoms with Crippen molar-refractivity contribution in [1.82, 2.24) is 0 Å². The van der Waals surface area contributed by atoms with Crippen LogP contribution in [0.2, 0.25) is 5.02 Å². The quantitative estimate of drug-likeness (QED) is 0.804. The van der Waals surface area contributed by atoms with Crippen molar-refractivity contribution in [1.29, 1.82) is 0 Å². The largest absolute Gasteiger partial charge is 0.329 e. The first kappa shape index (κ1) is 16.9. The van der Waals surface area contributed by atoms with E-state index in [1.807, 2.05) is 24.3 Å². The van der Waals surface area contributed by atoms with E-state index in [1.165, 1.54) is 12.1 Å². The summed E-state index contributed by atoms with van der Waals surface area (Å²) in [7, 11) is -3.59. The van der Waals surface area contributed by atoms with Crippen molar-refractivity contribution in [3.05, 3.63) is 63.6 Å². The fourth-order valence-electron chi connectivity index (χ4n) is 3.06. The van der Waals surface area contributed by atoms with Crippen LogP contribution in [0.3, 0.4) is 0 Å². The molecule has 7 heteroatoms. The Kier molecular flexibility index (Phi) is 4.31. The Labute approximate surface area is 148 Å². The Balaban J connectivity index is 2.01. The van der Waals surface area contributed by atoms with E-state index in [9.17, 15) is 8.42 Å². The van der Waals surface area contributed by atoms with Gasteiger partial charge in [0.1, 0.15) is 0 Å². The highest BCUT2D eigenvalue weighted by Crippen LogP contribution is 2.55. The molecule has 0 aromatic heterocycles. The van der Waals surface area contributed by atoms with Crippen molar-refractivity contribution in [2.24, 2.45) is 11.5 Å². The third kappa shape index (κ3) is 2.83. The van der Waals surface area contributed by atoms with Gasteiger partial charge in [0.2, 0.25) is 0 Å². The summed E-state index contributed by atoms with van der Waals surface area (Å²) in [4.78, 5) is 0.217. The fraction of sp³-hybridized carbons (Fsp3) is 0.250. The van der Waals surface area contributed by atoms with Crippen LogP contribution >= 0.6 is 27.5 Å². The minimum absolute atomic E-state index is 0.102. The van der Waals surface area contributed by atoms with Crippen molar-refractivity contribution in [3.8, 4) is 0 Å². The summed E-state index contributed by atoms with van der Waals surface area (Å²) < 4.78 is 26.8. The van der Waals surface area contributed by atoms with Crippen LogP contribution in [0.25, 0.3) is 0 Å². The van der Waals surface area contributed by atoms with Crippen molar-refractivity contribution in [3.63, 3.8) is 0 Å². The van der Waals surface area contributed by atoms with E-state index < -0.39 is 20.6 Å². The van der Waals surface area contributed by atoms with Crippen LogP contribution < -0.4 is 11.5 Å². The van der Waals surface area contributed by atoms with Gasteiger partial charge in [0, 0.05) is 22.0 Å². The molecule has 1 aliphatic rings. The third-order valence-electron chi connectivity index (χ3n) is 4.36. The molecule has 122 valence electrons. The Morgan fingerprint density at radius 3 is 2.17 bits per heavy atom. The molecule has 0 spiro atoms. The van der Waals surface area contributed by atoms with Gasteiger partial charge in [-0.25, -0.2) is 8.42 Å². The van der Waals surface area contributed by atoms with Gasteiger partial charge in [-0.2, -0.15) is 0 Å². The van der Waals surface area contributed by atoms with Crippen LogP contribution in [-0.4, -0.2) is 25.8 Å². The summed E-state index contributed by atoms with van der Waals surface area (Å²) >= 11 is 9.21. The van der Waals surface area contributed by atoms with Gasteiger partial charge >= 0.3 is 0 Å². The second-order valence-electron chi connectivity index (χ2n) is 5.77. The molecule has 0 bridgehead atoms. The van der Waals surface area contributed by atoms with Crippen LogP contribution in [0.1, 0.15) is 11.5 Å². The number of nitrogens with two attached hydrogens (primary N) is 2. The number of hydrogen-bond acceptors (Lipinski definition) is 4. The molecular formula is C16H16BrClN2O2S. The van der Waals surface area contributed by atoms with Crippen molar-refractivity contribution in [2.45, 2.75) is 21.6 Å². The number of hydrogen-bond donors (Lipinski definition) is 2. The molecule has 4 nitrogen and oxygen atoms in total. The number of halogens is 2. The smallest absolute Gasteiger partial charge is 0.183 e. The molecular weight excluding hydrogens is 400 g/mol. The van der Waals surface area contributed by atoms with Crippen LogP contribution in [0.5, 0.6) is 0 Å². The highest BCUT2D eigenvalue weighted by molar-refractivity contribution is 9.10. The zero-order valence-electron chi connectivity index (χ0n) is 12.1. The molecule has 0 radical (unpaired) electrons. The van der Waals surface area contributed by atoms with Crippen LogP contribution in [-0.2, 0) is 9.84 Å². The van der Waals surface area contributed by atoms with Gasteiger partial charge in [0.05, 0.1) is 15.7 Å². The first-order valence-electron chi connectivity index (χ1n) is 7.04. The van der Waals surface area contributed by atoms with E-state index in [0.717, 1.165) is 10.0 Å². The maximum atomic E-state index is 12.9. The second kappa shape index (κ2) is 5.86. The molecule has 4 N–H and O–H groups in total. The van der Waals surface area contributed by atoms with Gasteiger partial charge in [-0.3, -0.25) is 0 Å². The molecule has 0 saturated heterocycles. The number of sulfone groups is 1. The topological polar surface area (TPSA) is 86.2 Å². The van der Waals surface area contributed by atoms with Crippen molar-refractivity contribution < 1.29 is 8.42 Å². The maximum Gasteiger partial charge on any atom is 0.183 e. The van der Waals surface area contributed by atoms with Crippen LogP contribution in [0.4, 0.5) is 0 Å². The minimum Gasteiger partial charge on any atom is -0.329 e. The van der Waals surface area contributed by atoms with Gasteiger partial charge in [0.25, 0.3) is 0 Å². The summed E-state index contributed by atoms with van der Waals surface area (Å²) in [6, 6.07) is 13.6. The van der Waals surface area contributed by atoms with E-state index in [0.29, 0.717) is 5.02 Å². The van der Waals surface area contributed by atoms with Gasteiger partial charge in [-0.15, -0.1) is 0 Å². The monoisotopic (exact) mass is 414 g/mol. The minimum atomic E-state index is -3.59. The zero-order chi connectivity index (χ0) is 16.8. The molecule has 1 fully saturated rings. The van der Waals surface area contributed by atoms with Crippen LogP contribution in [0.15, 0.2) is 57.9 Å². The SMILES string of the molecule is NC[C@@]1(N)[C@@H](c2ccc(Br)cc2)[C@@H]1S(=O)(=O)c1ccc(Cl)cc1. The predicted molar refractivity (Wildman–Crippen MR) is 95.3 cm³/mol. The van der Waals surface area contributed by atoms with Gasteiger partial charge < -0.3 is 11.5 Å². The Morgan fingerprint density at radius 2 is 1.65 bits per heavy atom. The zero-order valence-corrected chi connectivity index (χ0v) is 15.3. The summed E-state index contributed by atoms with van der Waals surface area (Å²) in [5, 5.41) is -0.246. The molecule has 0 amide bonds. The first-order chi connectivity index (χ1) is 10.8. The number of rotatable bonds is 4. The van der Waals surface area contributed by atoms with Crippen molar-refractivity contribution in [2.75, 3.05) is 6.54 Å². The summed E-state index contributed by atoms with van der Waals surface area (Å²) in [6.07, 6.45) is 0. The van der Waals surface area contributed by atoms with E-state index in [4.69, 9.17) is 23.1 Å². The third-order valence-corrected chi connectivity index (χ3v) is 7.45. The molecule has 23 heavy (non-hydrogen) atoms. The Bertz CT molecular complexity index is 824. The molecule has 2 aromatic rings. The molecule has 0 aliphatic heterocycles. The van der Waals surface area contributed by atoms with E-state index in [1.54, 1.807) is 12.1 Å². The van der Waals surface area contributed by atoms with E-state index in [2.05, 4.69) is 15.9 Å². The average molecular weight is 416 g/mol. The molecule has 1 saturated carbocycles. The summed E-state index contributed by atoms with van der Waals surface area (Å²) in [5.74, 6) is -0.318. The highest BCUT2D eigenvalue weighted by atomic mass is 79.9. The van der Waals surface area contributed by atoms with Gasteiger partial charge in [0.15, 0.2) is 9.84 Å². The number of benzene rings is 2. The van der Waals surface area contributed by atoms with Gasteiger partial charge in [-0.05, 0) is 42.0 Å². The lowest BCUT2D eigenvalue weighted by Crippen LogP contribution is -2.39. The maximum absolute atomic E-state index is 12.9. The lowest BCUT2D eigenvalue weighted by Gasteiger charge is -2.09. The lowest BCUT2D eigenvalue weighted by atomic mass is 10.1. The summed E-state index contributed by atoms with van der Waals surface area (Å²) in [5.41, 5.74) is 12.0. The average Bonchev–Trinajstić information content (AvgIpc) is 3.16. The van der Waals surface area contributed by atoms with E-state index >= 15 is 0 Å². The second-order valence-corrected chi connectivity index (χ2v) is 9.19. The lowest BCUT2D eigenvalue weighted by molar-refractivity contribution is 0.586. The highest BCUT2D eigenvalue weighted by Gasteiger charge is 2.68. The van der Waals surface area contributed by atoms with Crippen molar-refractivity contribution >= 4 is 37.4 Å². The Morgan fingerprint density at radius 1 is 1.09 bits per heavy atom. The first-order valence-corrected chi connectivity index (χ1v) is 9.76. The molecule has 3 rings (SSSR count). The predicted octanol–water partition coefficient (Wildman–Crippen LogP) is 2.70. The van der Waals surface area contributed by atoms with Gasteiger partial charge in [-0.1, -0.05) is 39.7 Å². The fourth-order valence-corrected chi connectivity index (χ4v) is 5.77. The molecule has 1 aliphatic carbocycles. The molecule has 0 unspecified atom stereocenters. The molecule has 2 aromatic carbocycles. The van der Waals surface area contributed by atoms with Crippen LogP contribution in [0, 0.1) is 0 Å². The normalized spacial score (nSPS) is 27.0. The summed E-state index contributed by atoms with van der Waals surface area (Å²) in [6.45, 7) is 0.102. The van der Waals surface area contributed by atoms with E-state index in [-0.39, 0.29) is 17.4 Å². The Hall–Kier alpha value is -0.920. The molecule has 0 heterocycles. The standard InChI is InChI=1S/C16H16BrClN2O2S/c17-11-3-1-10(2-4-11)14-15(16(14,20)9-19)23(21,22)13-7-5-12(18)6-8-13/h1-8,14-15H,9,19-20H2/t14-,15-,16+/m0/s1.